The summed E-state index contributed by atoms with van der Waals surface area (Å²) in [6, 6.07) is 7.43. The Labute approximate surface area is 133 Å². The van der Waals surface area contributed by atoms with Gasteiger partial charge < -0.3 is 10.0 Å². The number of fused-ring (bicyclic) bond motifs is 2. The van der Waals surface area contributed by atoms with Crippen LogP contribution in [-0.2, 0) is 4.79 Å². The summed E-state index contributed by atoms with van der Waals surface area (Å²) in [7, 11) is 0. The lowest BCUT2D eigenvalue weighted by Crippen LogP contribution is -2.37. The molecule has 2 heterocycles. The van der Waals surface area contributed by atoms with Crippen molar-refractivity contribution in [1.29, 1.82) is 0 Å². The van der Waals surface area contributed by atoms with Crippen molar-refractivity contribution >= 4 is 22.6 Å². The smallest absolute Gasteiger partial charge is 0.311 e. The Morgan fingerprint density at radius 2 is 2.17 bits per heavy atom. The molecule has 1 aromatic heterocycles. The van der Waals surface area contributed by atoms with Crippen LogP contribution in [0.5, 0.6) is 0 Å². The van der Waals surface area contributed by atoms with Crippen LogP contribution in [0.3, 0.4) is 0 Å². The highest BCUT2D eigenvalue weighted by atomic mass is 16.4. The summed E-state index contributed by atoms with van der Waals surface area (Å²) in [6.45, 7) is 0.875. The second kappa shape index (κ2) is 5.05. The molecule has 2 aliphatic rings. The van der Waals surface area contributed by atoms with E-state index in [0.29, 0.717) is 25.1 Å². The number of likely N-dealkylation sites (tertiary alicyclic amines) is 1. The summed E-state index contributed by atoms with van der Waals surface area (Å²) in [5.41, 5.74) is -0.104. The van der Waals surface area contributed by atoms with Gasteiger partial charge in [-0.3, -0.25) is 14.6 Å². The average molecular weight is 310 g/mol. The van der Waals surface area contributed by atoms with E-state index in [1.54, 1.807) is 17.3 Å². The number of carboxylic acid groups (broad SMARTS) is 1. The molecule has 4 rings (SSSR count). The first kappa shape index (κ1) is 14.2. The van der Waals surface area contributed by atoms with Gasteiger partial charge in [-0.25, -0.2) is 0 Å². The van der Waals surface area contributed by atoms with Crippen LogP contribution in [0.2, 0.25) is 0 Å². The fraction of sp³-hybridized carbons (Fsp3) is 0.389. The van der Waals surface area contributed by atoms with Gasteiger partial charge in [-0.2, -0.15) is 0 Å². The largest absolute Gasteiger partial charge is 0.481 e. The fourth-order valence-corrected chi connectivity index (χ4v) is 4.27. The molecule has 2 atom stereocenters. The van der Waals surface area contributed by atoms with Gasteiger partial charge in [0, 0.05) is 36.4 Å². The number of carbonyl (C=O) groups is 2. The van der Waals surface area contributed by atoms with E-state index in [0.717, 1.165) is 23.6 Å². The summed E-state index contributed by atoms with van der Waals surface area (Å²) in [5.74, 6) is -0.741. The van der Waals surface area contributed by atoms with Gasteiger partial charge in [0.15, 0.2) is 0 Å². The van der Waals surface area contributed by atoms with E-state index in [1.165, 1.54) is 0 Å². The maximum absolute atomic E-state index is 13.0. The minimum atomic E-state index is -0.752. The fourth-order valence-electron chi connectivity index (χ4n) is 4.27. The number of benzene rings is 1. The molecule has 0 unspecified atom stereocenters. The van der Waals surface area contributed by atoms with Gasteiger partial charge in [0.25, 0.3) is 5.91 Å². The quantitative estimate of drug-likeness (QED) is 0.925. The maximum atomic E-state index is 13.0. The van der Waals surface area contributed by atoms with Crippen molar-refractivity contribution in [2.75, 3.05) is 13.1 Å². The van der Waals surface area contributed by atoms with Crippen molar-refractivity contribution in [3.8, 4) is 0 Å². The zero-order valence-corrected chi connectivity index (χ0v) is 12.7. The molecule has 1 saturated carbocycles. The SMILES string of the molecule is O=C(c1cccc2cnccc12)N1C[C@@H]2CCC[C@@]2(C(=O)O)C1. The standard InChI is InChI=1S/C18H18N2O3/c21-16(15-5-1-3-12-9-19-8-6-14(12)15)20-10-13-4-2-7-18(13,11-20)17(22)23/h1,3,5-6,8-9,13H,2,4,7,10-11H2,(H,22,23)/t13-,18+/m0/s1. The van der Waals surface area contributed by atoms with Gasteiger partial charge in [0.05, 0.1) is 5.41 Å². The second-order valence-electron chi connectivity index (χ2n) is 6.64. The zero-order chi connectivity index (χ0) is 16.0. The molecule has 0 bridgehead atoms. The summed E-state index contributed by atoms with van der Waals surface area (Å²) >= 11 is 0. The molecule has 1 aliphatic heterocycles. The van der Waals surface area contributed by atoms with E-state index < -0.39 is 11.4 Å². The first-order chi connectivity index (χ1) is 11.1. The molecule has 23 heavy (non-hydrogen) atoms. The first-order valence-corrected chi connectivity index (χ1v) is 7.97. The second-order valence-corrected chi connectivity index (χ2v) is 6.64. The Morgan fingerprint density at radius 3 is 2.96 bits per heavy atom. The lowest BCUT2D eigenvalue weighted by Gasteiger charge is -2.23. The Hall–Kier alpha value is -2.43. The predicted octanol–water partition coefficient (Wildman–Crippen LogP) is 2.56. The van der Waals surface area contributed by atoms with Gasteiger partial charge in [-0.1, -0.05) is 18.6 Å². The summed E-state index contributed by atoms with van der Waals surface area (Å²) < 4.78 is 0. The Morgan fingerprint density at radius 1 is 1.30 bits per heavy atom. The topological polar surface area (TPSA) is 70.5 Å². The van der Waals surface area contributed by atoms with Crippen LogP contribution in [0.4, 0.5) is 0 Å². The van der Waals surface area contributed by atoms with Crippen molar-refractivity contribution in [3.63, 3.8) is 0 Å². The molecule has 1 amide bonds. The van der Waals surface area contributed by atoms with Crippen LogP contribution in [0.25, 0.3) is 10.8 Å². The van der Waals surface area contributed by atoms with E-state index in [9.17, 15) is 14.7 Å². The summed E-state index contributed by atoms with van der Waals surface area (Å²) in [6.07, 6.45) is 5.94. The number of rotatable bonds is 2. The number of aliphatic carboxylic acids is 1. The van der Waals surface area contributed by atoms with E-state index in [1.807, 2.05) is 24.3 Å². The Balaban J connectivity index is 1.69. The van der Waals surface area contributed by atoms with Gasteiger partial charge in [-0.05, 0) is 36.3 Å². The van der Waals surface area contributed by atoms with Crippen LogP contribution in [0.15, 0.2) is 36.7 Å². The molecule has 5 heteroatoms. The molecule has 5 nitrogen and oxygen atoms in total. The van der Waals surface area contributed by atoms with Crippen molar-refractivity contribution in [1.82, 2.24) is 9.88 Å². The normalized spacial score (nSPS) is 26.4. The van der Waals surface area contributed by atoms with Crippen molar-refractivity contribution < 1.29 is 14.7 Å². The molecule has 0 radical (unpaired) electrons. The number of carbonyl (C=O) groups excluding carboxylic acids is 1. The number of carboxylic acids is 1. The van der Waals surface area contributed by atoms with E-state index in [-0.39, 0.29) is 11.8 Å². The first-order valence-electron chi connectivity index (χ1n) is 7.97. The molecule has 0 spiro atoms. The third-order valence-corrected chi connectivity index (χ3v) is 5.50. The van der Waals surface area contributed by atoms with E-state index in [4.69, 9.17) is 0 Å². The Kier molecular flexibility index (Phi) is 3.11. The van der Waals surface area contributed by atoms with Crippen LogP contribution < -0.4 is 0 Å². The van der Waals surface area contributed by atoms with Crippen LogP contribution in [0.1, 0.15) is 29.6 Å². The lowest BCUT2D eigenvalue weighted by molar-refractivity contribution is -0.149. The van der Waals surface area contributed by atoms with Crippen LogP contribution in [-0.4, -0.2) is 40.0 Å². The number of hydrogen-bond acceptors (Lipinski definition) is 3. The van der Waals surface area contributed by atoms with Crippen molar-refractivity contribution in [3.05, 3.63) is 42.2 Å². The number of pyridine rings is 1. The van der Waals surface area contributed by atoms with Crippen molar-refractivity contribution in [2.45, 2.75) is 19.3 Å². The zero-order valence-electron chi connectivity index (χ0n) is 12.7. The molecule has 1 N–H and O–H groups in total. The highest BCUT2D eigenvalue weighted by Crippen LogP contribution is 2.49. The van der Waals surface area contributed by atoms with Gasteiger partial charge in [0.1, 0.15) is 0 Å². The molecule has 118 valence electrons. The highest BCUT2D eigenvalue weighted by Gasteiger charge is 2.55. The third-order valence-electron chi connectivity index (χ3n) is 5.50. The summed E-state index contributed by atoms with van der Waals surface area (Å²) in [5, 5.41) is 11.5. The molecule has 1 aliphatic carbocycles. The Bertz CT molecular complexity index is 798. The third kappa shape index (κ3) is 2.03. The van der Waals surface area contributed by atoms with Crippen LogP contribution in [0, 0.1) is 11.3 Å². The van der Waals surface area contributed by atoms with Gasteiger partial charge in [-0.15, -0.1) is 0 Å². The molecule has 1 aromatic carbocycles. The molecule has 2 fully saturated rings. The van der Waals surface area contributed by atoms with Crippen LogP contribution >= 0.6 is 0 Å². The molecule has 1 saturated heterocycles. The number of amides is 1. The maximum Gasteiger partial charge on any atom is 0.311 e. The molecule has 2 aromatic rings. The molecular formula is C18H18N2O3. The monoisotopic (exact) mass is 310 g/mol. The van der Waals surface area contributed by atoms with Gasteiger partial charge in [0.2, 0.25) is 0 Å². The van der Waals surface area contributed by atoms with Gasteiger partial charge >= 0.3 is 5.97 Å². The lowest BCUT2D eigenvalue weighted by atomic mass is 9.81. The molecular weight excluding hydrogens is 292 g/mol. The minimum Gasteiger partial charge on any atom is -0.481 e. The minimum absolute atomic E-state index is 0.0724. The van der Waals surface area contributed by atoms with E-state index >= 15 is 0 Å². The number of aromatic nitrogens is 1. The number of nitrogens with zero attached hydrogens (tertiary/aromatic N) is 2. The predicted molar refractivity (Wildman–Crippen MR) is 85.1 cm³/mol. The van der Waals surface area contributed by atoms with Crippen molar-refractivity contribution in [2.24, 2.45) is 11.3 Å². The van der Waals surface area contributed by atoms with E-state index in [2.05, 4.69) is 4.98 Å². The highest BCUT2D eigenvalue weighted by molar-refractivity contribution is 6.07. The number of hydrogen-bond donors (Lipinski definition) is 1. The average Bonchev–Trinajstić information content (AvgIpc) is 3.12. The summed E-state index contributed by atoms with van der Waals surface area (Å²) in [4.78, 5) is 30.6.